The first kappa shape index (κ1) is 18.9. The van der Waals surface area contributed by atoms with E-state index in [1.54, 1.807) is 0 Å². The van der Waals surface area contributed by atoms with Crippen LogP contribution in [-0.2, 0) is 4.74 Å². The second-order valence-corrected chi connectivity index (χ2v) is 6.00. The number of ether oxygens (including phenoxy) is 1. The lowest BCUT2D eigenvalue weighted by Gasteiger charge is -2.08. The van der Waals surface area contributed by atoms with E-state index in [-0.39, 0.29) is 0 Å². The third-order valence-electron chi connectivity index (χ3n) is 4.10. The van der Waals surface area contributed by atoms with Crippen LogP contribution in [-0.4, -0.2) is 18.9 Å². The molecule has 1 heterocycles. The van der Waals surface area contributed by atoms with Crippen molar-refractivity contribution < 1.29 is 4.74 Å². The van der Waals surface area contributed by atoms with Gasteiger partial charge in [0, 0.05) is 18.5 Å². The molecule has 1 atom stereocenters. The Kier molecular flexibility index (Phi) is 9.81. The quantitative estimate of drug-likeness (QED) is 0.291. The maximum absolute atomic E-state index is 5.67. The largest absolute Gasteiger partial charge is 0.378 e. The highest BCUT2D eigenvalue weighted by atomic mass is 16.5. The van der Waals surface area contributed by atoms with Crippen molar-refractivity contribution >= 4 is 6.21 Å². The van der Waals surface area contributed by atoms with E-state index in [0.29, 0.717) is 6.10 Å². The molecule has 0 aromatic rings. The van der Waals surface area contributed by atoms with E-state index in [1.165, 1.54) is 43.3 Å². The molecule has 22 heavy (non-hydrogen) atoms. The molecule has 0 bridgehead atoms. The minimum Gasteiger partial charge on any atom is -0.378 e. The van der Waals surface area contributed by atoms with Crippen molar-refractivity contribution in [2.24, 2.45) is 4.99 Å². The van der Waals surface area contributed by atoms with Gasteiger partial charge in [-0.2, -0.15) is 0 Å². The molecule has 124 valence electrons. The topological polar surface area (TPSA) is 21.6 Å². The second kappa shape index (κ2) is 11.4. The van der Waals surface area contributed by atoms with Gasteiger partial charge in [-0.25, -0.2) is 0 Å². The number of nitrogens with zero attached hydrogens (tertiary/aromatic N) is 1. The summed E-state index contributed by atoms with van der Waals surface area (Å²) in [6, 6.07) is 0. The Bertz CT molecular complexity index is 423. The fourth-order valence-corrected chi connectivity index (χ4v) is 2.92. The molecular formula is C20H33NO. The molecule has 0 aromatic carbocycles. The fourth-order valence-electron chi connectivity index (χ4n) is 2.92. The molecule has 0 aromatic heterocycles. The Hall–Kier alpha value is -1.15. The summed E-state index contributed by atoms with van der Waals surface area (Å²) in [7, 11) is 0. The Morgan fingerprint density at radius 3 is 2.73 bits per heavy atom. The highest BCUT2D eigenvalue weighted by molar-refractivity contribution is 5.56. The van der Waals surface area contributed by atoms with Gasteiger partial charge in [0.1, 0.15) is 0 Å². The van der Waals surface area contributed by atoms with E-state index in [1.807, 2.05) is 13.1 Å². The van der Waals surface area contributed by atoms with Gasteiger partial charge in [-0.05, 0) is 70.4 Å². The molecule has 0 N–H and O–H groups in total. The van der Waals surface area contributed by atoms with Crippen LogP contribution in [0.3, 0.4) is 0 Å². The van der Waals surface area contributed by atoms with E-state index in [0.717, 1.165) is 25.1 Å². The lowest BCUT2D eigenvalue weighted by molar-refractivity contribution is 0.102. The van der Waals surface area contributed by atoms with Crippen molar-refractivity contribution in [3.05, 3.63) is 35.1 Å². The van der Waals surface area contributed by atoms with Crippen molar-refractivity contribution in [3.63, 3.8) is 0 Å². The van der Waals surface area contributed by atoms with Crippen LogP contribution in [0.4, 0.5) is 0 Å². The molecule has 0 aliphatic carbocycles. The normalized spacial score (nSPS) is 21.1. The highest BCUT2D eigenvalue weighted by Crippen LogP contribution is 2.20. The van der Waals surface area contributed by atoms with Crippen LogP contribution in [0.15, 0.2) is 40.1 Å². The number of rotatable bonds is 9. The van der Waals surface area contributed by atoms with Crippen LogP contribution in [0.25, 0.3) is 0 Å². The van der Waals surface area contributed by atoms with Crippen molar-refractivity contribution in [2.75, 3.05) is 6.61 Å². The van der Waals surface area contributed by atoms with E-state index in [4.69, 9.17) is 4.74 Å². The van der Waals surface area contributed by atoms with Gasteiger partial charge in [0.05, 0.1) is 6.10 Å². The summed E-state index contributed by atoms with van der Waals surface area (Å²) < 4.78 is 5.67. The molecule has 2 heteroatoms. The molecule has 1 saturated heterocycles. The molecule has 1 aliphatic heterocycles. The highest BCUT2D eigenvalue weighted by Gasteiger charge is 2.13. The van der Waals surface area contributed by atoms with Gasteiger partial charge in [-0.1, -0.05) is 31.6 Å². The minimum atomic E-state index is 0.537. The summed E-state index contributed by atoms with van der Waals surface area (Å²) in [6.45, 7) is 9.38. The van der Waals surface area contributed by atoms with Gasteiger partial charge in [-0.3, -0.25) is 4.99 Å². The zero-order valence-corrected chi connectivity index (χ0v) is 14.9. The van der Waals surface area contributed by atoms with E-state index >= 15 is 0 Å². The van der Waals surface area contributed by atoms with Crippen LogP contribution in [0.5, 0.6) is 0 Å². The Labute approximate surface area is 137 Å². The summed E-state index contributed by atoms with van der Waals surface area (Å²) in [5, 5.41) is 0. The number of hydrogen-bond donors (Lipinski definition) is 0. The van der Waals surface area contributed by atoms with Crippen LogP contribution >= 0.6 is 0 Å². The van der Waals surface area contributed by atoms with Gasteiger partial charge in [-0.15, -0.1) is 0 Å². The minimum absolute atomic E-state index is 0.537. The predicted octanol–water partition coefficient (Wildman–Crippen LogP) is 6.00. The van der Waals surface area contributed by atoms with E-state index < -0.39 is 0 Å². The zero-order chi connectivity index (χ0) is 16.2. The molecule has 0 saturated carbocycles. The molecule has 0 radical (unpaired) electrons. The number of unbranched alkanes of at least 4 members (excludes halogenated alkanes) is 2. The summed E-state index contributed by atoms with van der Waals surface area (Å²) in [5.41, 5.74) is 3.68. The first-order valence-corrected chi connectivity index (χ1v) is 8.83. The standard InChI is InChI=1S/C20H33NO/c1-5-12-17(3)20(18(4)21-6-2)15-10-8-7-9-13-19-14-11-16-22-19/h6,10,12,15,19H,5,7-9,11,13-14,16H2,1-4H3/b15-10-,17-12+,20-18-,21-6?/t19-/m0/s1. The Balaban J connectivity index is 2.44. The van der Waals surface area contributed by atoms with E-state index in [9.17, 15) is 0 Å². The smallest absolute Gasteiger partial charge is 0.0576 e. The Morgan fingerprint density at radius 2 is 2.09 bits per heavy atom. The van der Waals surface area contributed by atoms with Gasteiger partial charge in [0.25, 0.3) is 0 Å². The molecule has 2 nitrogen and oxygen atoms in total. The average molecular weight is 303 g/mol. The van der Waals surface area contributed by atoms with Gasteiger partial charge < -0.3 is 4.74 Å². The SMILES string of the molecule is CC=N/C(C)=C(/C=C\CCCC[C@H]1CCCO1)C(\C)=C\CC. The van der Waals surface area contributed by atoms with Crippen molar-refractivity contribution in [3.8, 4) is 0 Å². The first-order chi connectivity index (χ1) is 10.7. The molecule has 1 rings (SSSR count). The molecule has 0 spiro atoms. The number of hydrogen-bond acceptors (Lipinski definition) is 2. The second-order valence-electron chi connectivity index (χ2n) is 6.00. The number of aliphatic imine (C=N–C) groups is 1. The van der Waals surface area contributed by atoms with Crippen LogP contribution < -0.4 is 0 Å². The fraction of sp³-hybridized carbons (Fsp3) is 0.650. The molecule has 1 fully saturated rings. The lowest BCUT2D eigenvalue weighted by Crippen LogP contribution is -2.03. The predicted molar refractivity (Wildman–Crippen MR) is 97.5 cm³/mol. The van der Waals surface area contributed by atoms with Crippen LogP contribution in [0.1, 0.15) is 72.6 Å². The maximum Gasteiger partial charge on any atom is 0.0576 e. The van der Waals surface area contributed by atoms with Crippen molar-refractivity contribution in [2.45, 2.75) is 78.7 Å². The van der Waals surface area contributed by atoms with Crippen molar-refractivity contribution in [1.82, 2.24) is 0 Å². The first-order valence-electron chi connectivity index (χ1n) is 8.83. The third-order valence-corrected chi connectivity index (χ3v) is 4.10. The molecule has 1 aliphatic rings. The monoisotopic (exact) mass is 303 g/mol. The summed E-state index contributed by atoms with van der Waals surface area (Å²) in [4.78, 5) is 4.44. The summed E-state index contributed by atoms with van der Waals surface area (Å²) in [6.07, 6.45) is 17.7. The summed E-state index contributed by atoms with van der Waals surface area (Å²) in [5.74, 6) is 0. The van der Waals surface area contributed by atoms with Crippen molar-refractivity contribution in [1.29, 1.82) is 0 Å². The zero-order valence-electron chi connectivity index (χ0n) is 14.9. The van der Waals surface area contributed by atoms with Gasteiger partial charge in [0.2, 0.25) is 0 Å². The maximum atomic E-state index is 5.67. The number of allylic oxidation sites excluding steroid dienone is 6. The van der Waals surface area contributed by atoms with E-state index in [2.05, 4.69) is 44.0 Å². The summed E-state index contributed by atoms with van der Waals surface area (Å²) >= 11 is 0. The third kappa shape index (κ3) is 7.22. The molecule has 0 amide bonds. The van der Waals surface area contributed by atoms with Crippen LogP contribution in [0, 0.1) is 0 Å². The van der Waals surface area contributed by atoms with Gasteiger partial charge >= 0.3 is 0 Å². The Morgan fingerprint density at radius 1 is 1.27 bits per heavy atom. The van der Waals surface area contributed by atoms with Crippen LogP contribution in [0.2, 0.25) is 0 Å². The average Bonchev–Trinajstić information content (AvgIpc) is 3.00. The lowest BCUT2D eigenvalue weighted by atomic mass is 10.0. The molecular weight excluding hydrogens is 270 g/mol. The van der Waals surface area contributed by atoms with Gasteiger partial charge in [0.15, 0.2) is 0 Å². The molecule has 0 unspecified atom stereocenters.